The van der Waals surface area contributed by atoms with Gasteiger partial charge in [-0.05, 0) is 25.5 Å². The molecule has 5 nitrogen and oxygen atoms in total. The number of aromatic nitrogens is 1. The van der Waals surface area contributed by atoms with E-state index >= 15 is 0 Å². The number of carbonyl (C=O) groups is 2. The van der Waals surface area contributed by atoms with E-state index in [4.69, 9.17) is 0 Å². The van der Waals surface area contributed by atoms with Crippen LogP contribution in [0.1, 0.15) is 11.3 Å². The second-order valence-corrected chi connectivity index (χ2v) is 4.88. The highest BCUT2D eigenvalue weighted by Crippen LogP contribution is 2.15. The van der Waals surface area contributed by atoms with Crippen molar-refractivity contribution in [3.8, 4) is 0 Å². The van der Waals surface area contributed by atoms with Crippen LogP contribution >= 0.6 is 11.3 Å². The standard InChI is InChI=1S/C13H13N3O2S/c1-8-5-3-4-6-10(8)15-11(17)12(18)16-13-14-9(2)7-19-13/h3-7H,1-2H3,(H,15,17)(H,14,16,18). The van der Waals surface area contributed by atoms with Gasteiger partial charge in [-0.2, -0.15) is 0 Å². The maximum absolute atomic E-state index is 11.7. The van der Waals surface area contributed by atoms with Gasteiger partial charge in [-0.25, -0.2) is 4.98 Å². The highest BCUT2D eigenvalue weighted by atomic mass is 32.1. The van der Waals surface area contributed by atoms with Crippen molar-refractivity contribution in [2.24, 2.45) is 0 Å². The van der Waals surface area contributed by atoms with E-state index in [-0.39, 0.29) is 0 Å². The number of carbonyl (C=O) groups excluding carboxylic acids is 2. The first-order valence-electron chi connectivity index (χ1n) is 5.66. The van der Waals surface area contributed by atoms with Gasteiger partial charge in [0.2, 0.25) is 0 Å². The van der Waals surface area contributed by atoms with Crippen LogP contribution in [-0.4, -0.2) is 16.8 Å². The molecular weight excluding hydrogens is 262 g/mol. The summed E-state index contributed by atoms with van der Waals surface area (Å²) in [6.45, 7) is 3.68. The molecule has 1 aromatic heterocycles. The number of hydrogen-bond acceptors (Lipinski definition) is 4. The number of nitrogens with one attached hydrogen (secondary N) is 2. The van der Waals surface area contributed by atoms with E-state index < -0.39 is 11.8 Å². The number of nitrogens with zero attached hydrogens (tertiary/aromatic N) is 1. The first-order chi connectivity index (χ1) is 9.06. The van der Waals surface area contributed by atoms with Gasteiger partial charge in [0.25, 0.3) is 0 Å². The number of hydrogen-bond donors (Lipinski definition) is 2. The van der Waals surface area contributed by atoms with Crippen molar-refractivity contribution in [2.45, 2.75) is 13.8 Å². The molecule has 0 bridgehead atoms. The molecule has 0 unspecified atom stereocenters. The van der Waals surface area contributed by atoms with Gasteiger partial charge in [0.15, 0.2) is 5.13 Å². The number of benzene rings is 1. The maximum atomic E-state index is 11.7. The van der Waals surface area contributed by atoms with Crippen LogP contribution in [0.3, 0.4) is 0 Å². The van der Waals surface area contributed by atoms with Crippen LogP contribution in [0.25, 0.3) is 0 Å². The molecule has 0 atom stereocenters. The van der Waals surface area contributed by atoms with Crippen molar-refractivity contribution in [2.75, 3.05) is 10.6 Å². The Bertz CT molecular complexity index is 622. The molecule has 0 fully saturated rings. The molecule has 0 spiro atoms. The molecule has 0 radical (unpaired) electrons. The van der Waals surface area contributed by atoms with Crippen LogP contribution in [-0.2, 0) is 9.59 Å². The summed E-state index contributed by atoms with van der Waals surface area (Å²) in [5.41, 5.74) is 2.33. The summed E-state index contributed by atoms with van der Waals surface area (Å²) in [6, 6.07) is 7.26. The Hall–Kier alpha value is -2.21. The number of anilines is 2. The normalized spacial score (nSPS) is 10.0. The molecular formula is C13H13N3O2S. The van der Waals surface area contributed by atoms with E-state index in [0.29, 0.717) is 10.8 Å². The molecule has 0 aliphatic carbocycles. The van der Waals surface area contributed by atoms with Crippen molar-refractivity contribution >= 4 is 34.0 Å². The Balaban J connectivity index is 2.00. The minimum atomic E-state index is -0.724. The van der Waals surface area contributed by atoms with Gasteiger partial charge >= 0.3 is 11.8 Å². The quantitative estimate of drug-likeness (QED) is 0.826. The number of rotatable bonds is 2. The van der Waals surface area contributed by atoms with Gasteiger partial charge in [-0.15, -0.1) is 11.3 Å². The van der Waals surface area contributed by atoms with Crippen LogP contribution < -0.4 is 10.6 Å². The van der Waals surface area contributed by atoms with Crippen LogP contribution in [0.15, 0.2) is 29.6 Å². The summed E-state index contributed by atoms with van der Waals surface area (Å²) in [6.07, 6.45) is 0. The Morgan fingerprint density at radius 3 is 2.42 bits per heavy atom. The fourth-order valence-electron chi connectivity index (χ4n) is 1.46. The molecule has 0 aliphatic rings. The third-order valence-electron chi connectivity index (χ3n) is 2.44. The molecule has 0 saturated carbocycles. The number of para-hydroxylation sites is 1. The number of aryl methyl sites for hydroxylation is 2. The third kappa shape index (κ3) is 3.38. The van der Waals surface area contributed by atoms with Crippen molar-refractivity contribution in [3.05, 3.63) is 40.9 Å². The van der Waals surface area contributed by atoms with Crippen LogP contribution in [0.2, 0.25) is 0 Å². The summed E-state index contributed by atoms with van der Waals surface area (Å²) in [5.74, 6) is -1.43. The summed E-state index contributed by atoms with van der Waals surface area (Å²) >= 11 is 1.28. The molecule has 2 aromatic rings. The van der Waals surface area contributed by atoms with Crippen LogP contribution in [0.4, 0.5) is 10.8 Å². The molecule has 1 heterocycles. The van der Waals surface area contributed by atoms with Crippen molar-refractivity contribution < 1.29 is 9.59 Å². The van der Waals surface area contributed by atoms with Gasteiger partial charge < -0.3 is 5.32 Å². The average molecular weight is 275 g/mol. The topological polar surface area (TPSA) is 71.1 Å². The first-order valence-corrected chi connectivity index (χ1v) is 6.54. The van der Waals surface area contributed by atoms with Gasteiger partial charge in [0.05, 0.1) is 5.69 Å². The summed E-state index contributed by atoms with van der Waals surface area (Å²) in [5, 5.41) is 7.24. The maximum Gasteiger partial charge on any atom is 0.315 e. The lowest BCUT2D eigenvalue weighted by atomic mass is 10.2. The average Bonchev–Trinajstić information content (AvgIpc) is 2.77. The molecule has 6 heteroatoms. The molecule has 2 rings (SSSR count). The highest BCUT2D eigenvalue weighted by molar-refractivity contribution is 7.14. The Kier molecular flexibility index (Phi) is 3.91. The zero-order chi connectivity index (χ0) is 13.8. The van der Waals surface area contributed by atoms with Crippen molar-refractivity contribution in [3.63, 3.8) is 0 Å². The Morgan fingerprint density at radius 2 is 1.79 bits per heavy atom. The molecule has 0 aliphatic heterocycles. The van der Waals surface area contributed by atoms with E-state index in [2.05, 4.69) is 15.6 Å². The van der Waals surface area contributed by atoms with Gasteiger partial charge in [-0.1, -0.05) is 18.2 Å². The molecule has 2 amide bonds. The SMILES string of the molecule is Cc1csc(NC(=O)C(=O)Nc2ccccc2C)n1. The third-order valence-corrected chi connectivity index (χ3v) is 3.31. The predicted molar refractivity (Wildman–Crippen MR) is 75.3 cm³/mol. The largest absolute Gasteiger partial charge is 0.318 e. The second-order valence-electron chi connectivity index (χ2n) is 4.02. The summed E-state index contributed by atoms with van der Waals surface area (Å²) in [7, 11) is 0. The molecule has 0 saturated heterocycles. The summed E-state index contributed by atoms with van der Waals surface area (Å²) < 4.78 is 0. The van der Waals surface area contributed by atoms with Crippen LogP contribution in [0.5, 0.6) is 0 Å². The molecule has 1 aromatic carbocycles. The lowest BCUT2D eigenvalue weighted by Crippen LogP contribution is -2.29. The fourth-order valence-corrected chi connectivity index (χ4v) is 2.14. The fraction of sp³-hybridized carbons (Fsp3) is 0.154. The minimum absolute atomic E-state index is 0.419. The lowest BCUT2D eigenvalue weighted by molar-refractivity contribution is -0.133. The van der Waals surface area contributed by atoms with Crippen molar-refractivity contribution in [1.29, 1.82) is 0 Å². The van der Waals surface area contributed by atoms with Gasteiger partial charge in [0.1, 0.15) is 0 Å². The molecule has 98 valence electrons. The van der Waals surface area contributed by atoms with E-state index in [9.17, 15) is 9.59 Å². The Morgan fingerprint density at radius 1 is 1.11 bits per heavy atom. The van der Waals surface area contributed by atoms with Gasteiger partial charge in [-0.3, -0.25) is 14.9 Å². The minimum Gasteiger partial charge on any atom is -0.318 e. The molecule has 2 N–H and O–H groups in total. The lowest BCUT2D eigenvalue weighted by Gasteiger charge is -2.07. The number of thiazole rings is 1. The second kappa shape index (κ2) is 5.62. The number of amides is 2. The zero-order valence-electron chi connectivity index (χ0n) is 10.6. The van der Waals surface area contributed by atoms with E-state index in [1.807, 2.05) is 26.0 Å². The van der Waals surface area contributed by atoms with Crippen LogP contribution in [0, 0.1) is 13.8 Å². The summed E-state index contributed by atoms with van der Waals surface area (Å²) in [4.78, 5) is 27.5. The Labute approximate surface area is 114 Å². The van der Waals surface area contributed by atoms with Gasteiger partial charge in [0, 0.05) is 11.1 Å². The monoisotopic (exact) mass is 275 g/mol. The molecule has 19 heavy (non-hydrogen) atoms. The van der Waals surface area contributed by atoms with Crippen molar-refractivity contribution in [1.82, 2.24) is 4.98 Å². The van der Waals surface area contributed by atoms with E-state index in [1.54, 1.807) is 17.5 Å². The predicted octanol–water partition coefficient (Wildman–Crippen LogP) is 2.34. The van der Waals surface area contributed by atoms with E-state index in [0.717, 1.165) is 11.3 Å². The van der Waals surface area contributed by atoms with E-state index in [1.165, 1.54) is 11.3 Å². The zero-order valence-corrected chi connectivity index (χ0v) is 11.4. The smallest absolute Gasteiger partial charge is 0.315 e. The first kappa shape index (κ1) is 13.2. The highest BCUT2D eigenvalue weighted by Gasteiger charge is 2.15.